The Kier molecular flexibility index (Phi) is 4.16. The lowest BCUT2D eigenvalue weighted by Crippen LogP contribution is -1.93. The number of hydrogen-bond acceptors (Lipinski definition) is 2. The van der Waals surface area contributed by atoms with E-state index in [-0.39, 0.29) is 11.5 Å². The molecule has 0 aliphatic heterocycles. The van der Waals surface area contributed by atoms with Crippen LogP contribution in [0.5, 0.6) is 11.5 Å². The van der Waals surface area contributed by atoms with Crippen molar-refractivity contribution in [3.8, 4) is 11.5 Å². The smallest absolute Gasteiger partial charge is 0.158 e. The van der Waals surface area contributed by atoms with Crippen molar-refractivity contribution in [2.75, 3.05) is 0 Å². The van der Waals surface area contributed by atoms with Crippen molar-refractivity contribution < 1.29 is 10.2 Å². The Morgan fingerprint density at radius 1 is 1.24 bits per heavy atom. The van der Waals surface area contributed by atoms with E-state index in [9.17, 15) is 10.2 Å². The van der Waals surface area contributed by atoms with Gasteiger partial charge in [0.05, 0.1) is 0 Å². The fourth-order valence-electron chi connectivity index (χ4n) is 1.70. The van der Waals surface area contributed by atoms with Gasteiger partial charge in [-0.15, -0.1) is 0 Å². The summed E-state index contributed by atoms with van der Waals surface area (Å²) >= 11 is 0. The summed E-state index contributed by atoms with van der Waals surface area (Å²) in [6.45, 7) is 11.6. The molecule has 0 aromatic heterocycles. The molecule has 1 rings (SSSR count). The molecule has 0 amide bonds. The van der Waals surface area contributed by atoms with E-state index in [1.54, 1.807) is 6.07 Å². The number of phenolic OH excluding ortho intramolecular Hbond substituents is 2. The van der Waals surface area contributed by atoms with Crippen molar-refractivity contribution in [1.82, 2.24) is 0 Å². The summed E-state index contributed by atoms with van der Waals surface area (Å²) in [7, 11) is 0. The Hall–Kier alpha value is -1.96. The van der Waals surface area contributed by atoms with Gasteiger partial charge in [0.15, 0.2) is 11.5 Å². The third kappa shape index (κ3) is 3.25. The van der Waals surface area contributed by atoms with Gasteiger partial charge < -0.3 is 10.2 Å². The van der Waals surface area contributed by atoms with Gasteiger partial charge in [-0.1, -0.05) is 36.5 Å². The monoisotopic (exact) mass is 230 g/mol. The van der Waals surface area contributed by atoms with E-state index in [1.807, 2.05) is 26.0 Å². The van der Waals surface area contributed by atoms with Crippen LogP contribution in [0.15, 0.2) is 43.0 Å². The summed E-state index contributed by atoms with van der Waals surface area (Å²) in [5, 5.41) is 19.0. The summed E-state index contributed by atoms with van der Waals surface area (Å²) in [5.41, 5.74) is 3.56. The predicted octanol–water partition coefficient (Wildman–Crippen LogP) is 3.81. The molecule has 0 unspecified atom stereocenters. The number of phenols is 2. The molecule has 0 fully saturated rings. The maximum absolute atomic E-state index is 9.52. The van der Waals surface area contributed by atoms with Crippen LogP contribution < -0.4 is 0 Å². The van der Waals surface area contributed by atoms with Gasteiger partial charge in [0.25, 0.3) is 0 Å². The SMILES string of the molecule is C=C(/C=C\C)Cc1cc(O)c(O)cc1C(=C)C. The first-order valence-electron chi connectivity index (χ1n) is 5.47. The average Bonchev–Trinajstić information content (AvgIpc) is 2.23. The van der Waals surface area contributed by atoms with Crippen LogP contribution in [0, 0.1) is 0 Å². The molecule has 0 saturated carbocycles. The second-order valence-corrected chi connectivity index (χ2v) is 4.11. The van der Waals surface area contributed by atoms with Crippen molar-refractivity contribution in [3.05, 3.63) is 54.1 Å². The molecule has 17 heavy (non-hydrogen) atoms. The van der Waals surface area contributed by atoms with E-state index in [2.05, 4.69) is 13.2 Å². The summed E-state index contributed by atoms with van der Waals surface area (Å²) in [6, 6.07) is 3.10. The molecule has 2 nitrogen and oxygen atoms in total. The van der Waals surface area contributed by atoms with Gasteiger partial charge in [0.1, 0.15) is 0 Å². The number of hydrogen-bond donors (Lipinski definition) is 2. The zero-order chi connectivity index (χ0) is 13.0. The van der Waals surface area contributed by atoms with Crippen LogP contribution in [0.3, 0.4) is 0 Å². The quantitative estimate of drug-likeness (QED) is 0.610. The van der Waals surface area contributed by atoms with Gasteiger partial charge in [-0.05, 0) is 43.5 Å². The highest BCUT2D eigenvalue weighted by atomic mass is 16.3. The molecule has 1 aromatic carbocycles. The third-order valence-electron chi connectivity index (χ3n) is 2.48. The van der Waals surface area contributed by atoms with Crippen molar-refractivity contribution in [2.45, 2.75) is 20.3 Å². The van der Waals surface area contributed by atoms with Gasteiger partial charge in [-0.25, -0.2) is 0 Å². The Labute approximate surface area is 102 Å². The van der Waals surface area contributed by atoms with Crippen LogP contribution in [0.25, 0.3) is 5.57 Å². The molecular weight excluding hydrogens is 212 g/mol. The minimum absolute atomic E-state index is 0.113. The number of allylic oxidation sites excluding steroid dienone is 4. The Morgan fingerprint density at radius 3 is 2.35 bits per heavy atom. The van der Waals surface area contributed by atoms with E-state index < -0.39 is 0 Å². The first-order chi connectivity index (χ1) is 7.95. The molecule has 90 valence electrons. The van der Waals surface area contributed by atoms with Crippen molar-refractivity contribution in [3.63, 3.8) is 0 Å². The van der Waals surface area contributed by atoms with E-state index in [4.69, 9.17) is 0 Å². The van der Waals surface area contributed by atoms with Gasteiger partial charge in [0.2, 0.25) is 0 Å². The minimum Gasteiger partial charge on any atom is -0.504 e. The highest BCUT2D eigenvalue weighted by Crippen LogP contribution is 2.32. The summed E-state index contributed by atoms with van der Waals surface area (Å²) in [5.74, 6) is -0.235. The summed E-state index contributed by atoms with van der Waals surface area (Å²) in [4.78, 5) is 0. The fraction of sp³-hybridized carbons (Fsp3) is 0.200. The first-order valence-corrected chi connectivity index (χ1v) is 5.47. The van der Waals surface area contributed by atoms with Gasteiger partial charge in [-0.3, -0.25) is 0 Å². The number of aromatic hydroxyl groups is 2. The zero-order valence-corrected chi connectivity index (χ0v) is 10.3. The molecule has 0 atom stereocenters. The predicted molar refractivity (Wildman–Crippen MR) is 72.1 cm³/mol. The highest BCUT2D eigenvalue weighted by Gasteiger charge is 2.09. The normalized spacial score (nSPS) is 10.7. The van der Waals surface area contributed by atoms with Crippen LogP contribution in [-0.2, 0) is 6.42 Å². The molecule has 0 bridgehead atoms. The molecule has 1 aromatic rings. The van der Waals surface area contributed by atoms with Gasteiger partial charge in [-0.2, -0.15) is 0 Å². The summed E-state index contributed by atoms with van der Waals surface area (Å²) < 4.78 is 0. The molecule has 0 heterocycles. The third-order valence-corrected chi connectivity index (χ3v) is 2.48. The second-order valence-electron chi connectivity index (χ2n) is 4.11. The molecule has 0 saturated heterocycles. The van der Waals surface area contributed by atoms with Crippen LogP contribution in [0.4, 0.5) is 0 Å². The zero-order valence-electron chi connectivity index (χ0n) is 10.3. The van der Waals surface area contributed by atoms with Gasteiger partial charge in [0, 0.05) is 0 Å². The van der Waals surface area contributed by atoms with E-state index >= 15 is 0 Å². The Morgan fingerprint density at radius 2 is 1.82 bits per heavy atom. The number of rotatable bonds is 4. The maximum Gasteiger partial charge on any atom is 0.158 e. The highest BCUT2D eigenvalue weighted by molar-refractivity contribution is 5.68. The van der Waals surface area contributed by atoms with Crippen LogP contribution in [-0.4, -0.2) is 10.2 Å². The lowest BCUT2D eigenvalue weighted by Gasteiger charge is -2.11. The standard InChI is InChI=1S/C15H18O2/c1-5-6-11(4)7-12-8-14(16)15(17)9-13(12)10(2)3/h5-6,8-9,16-17H,2,4,7H2,1,3H3/b6-5-. The number of benzene rings is 1. The van der Waals surface area contributed by atoms with Crippen molar-refractivity contribution in [2.24, 2.45) is 0 Å². The minimum atomic E-state index is -0.122. The first kappa shape index (κ1) is 13.1. The molecule has 0 radical (unpaired) electrons. The molecule has 0 aliphatic rings. The largest absolute Gasteiger partial charge is 0.504 e. The van der Waals surface area contributed by atoms with Crippen molar-refractivity contribution >= 4 is 5.57 Å². The molecular formula is C15H18O2. The van der Waals surface area contributed by atoms with E-state index in [0.29, 0.717) is 6.42 Å². The average molecular weight is 230 g/mol. The molecule has 2 N–H and O–H groups in total. The van der Waals surface area contributed by atoms with Crippen molar-refractivity contribution in [1.29, 1.82) is 0 Å². The van der Waals surface area contributed by atoms with E-state index in [1.165, 1.54) is 6.07 Å². The van der Waals surface area contributed by atoms with E-state index in [0.717, 1.165) is 22.3 Å². The van der Waals surface area contributed by atoms with Crippen LogP contribution >= 0.6 is 0 Å². The summed E-state index contributed by atoms with van der Waals surface area (Å²) in [6.07, 6.45) is 4.47. The second kappa shape index (κ2) is 5.39. The topological polar surface area (TPSA) is 40.5 Å². The van der Waals surface area contributed by atoms with Crippen LogP contribution in [0.1, 0.15) is 25.0 Å². The van der Waals surface area contributed by atoms with Crippen LogP contribution in [0.2, 0.25) is 0 Å². The lowest BCUT2D eigenvalue weighted by atomic mass is 9.96. The molecule has 2 heteroatoms. The Balaban J connectivity index is 3.17. The molecule has 0 spiro atoms. The van der Waals surface area contributed by atoms with Gasteiger partial charge >= 0.3 is 0 Å². The molecule has 0 aliphatic carbocycles. The Bertz CT molecular complexity index is 482. The maximum atomic E-state index is 9.52. The fourth-order valence-corrected chi connectivity index (χ4v) is 1.70. The lowest BCUT2D eigenvalue weighted by molar-refractivity contribution is 0.403.